The summed E-state index contributed by atoms with van der Waals surface area (Å²) in [5, 5.41) is 0. The third kappa shape index (κ3) is 4.72. The predicted octanol–water partition coefficient (Wildman–Crippen LogP) is 0.668. The minimum Gasteiger partial charge on any atom is -0.459 e. The number of amides is 1. The van der Waals surface area contributed by atoms with Crippen LogP contribution < -0.4 is 5.73 Å². The highest BCUT2D eigenvalue weighted by atomic mass is 35.5. The Labute approximate surface area is 82.4 Å². The topological polar surface area (TPSA) is 69.4 Å². The van der Waals surface area contributed by atoms with E-state index in [0.717, 1.165) is 0 Å². The van der Waals surface area contributed by atoms with E-state index in [0.29, 0.717) is 0 Å². The Bertz CT molecular complexity index is 210. The first kappa shape index (κ1) is 12.2. The van der Waals surface area contributed by atoms with Crippen LogP contribution in [0.4, 0.5) is 0 Å². The molecule has 0 bridgehead atoms. The Hall–Kier alpha value is -0.770. The molecule has 1 atom stereocenters. The van der Waals surface area contributed by atoms with Crippen LogP contribution in [0.5, 0.6) is 0 Å². The second-order valence-corrected chi connectivity index (χ2v) is 3.95. The van der Waals surface area contributed by atoms with Crippen molar-refractivity contribution in [3.63, 3.8) is 0 Å². The fourth-order valence-electron chi connectivity index (χ4n) is 0.628. The van der Waals surface area contributed by atoms with Crippen LogP contribution in [0.1, 0.15) is 20.8 Å². The Balaban J connectivity index is 4.32. The number of primary amides is 1. The Kier molecular flexibility index (Phi) is 4.20. The minimum atomic E-state index is -1.05. The first-order valence-corrected chi connectivity index (χ1v) is 4.39. The Morgan fingerprint density at radius 3 is 2.15 bits per heavy atom. The molecule has 0 aliphatic rings. The molecule has 4 nitrogen and oxygen atoms in total. The average molecular weight is 208 g/mol. The number of nitrogens with two attached hydrogens (primary N) is 1. The van der Waals surface area contributed by atoms with Gasteiger partial charge < -0.3 is 10.5 Å². The van der Waals surface area contributed by atoms with E-state index < -0.39 is 23.4 Å². The molecule has 0 fully saturated rings. The van der Waals surface area contributed by atoms with Gasteiger partial charge in [0.1, 0.15) is 11.5 Å². The first-order chi connectivity index (χ1) is 5.78. The van der Waals surface area contributed by atoms with Crippen LogP contribution in [0.15, 0.2) is 0 Å². The molecule has 0 rings (SSSR count). The van der Waals surface area contributed by atoms with Crippen molar-refractivity contribution in [1.82, 2.24) is 0 Å². The molecule has 0 aromatic carbocycles. The molecule has 5 heteroatoms. The largest absolute Gasteiger partial charge is 0.459 e. The van der Waals surface area contributed by atoms with Crippen molar-refractivity contribution in [2.75, 3.05) is 5.88 Å². The van der Waals surface area contributed by atoms with Gasteiger partial charge >= 0.3 is 5.97 Å². The van der Waals surface area contributed by atoms with E-state index in [2.05, 4.69) is 0 Å². The minimum absolute atomic E-state index is 0.149. The van der Waals surface area contributed by atoms with Crippen LogP contribution in [0.3, 0.4) is 0 Å². The summed E-state index contributed by atoms with van der Waals surface area (Å²) in [6.45, 7) is 5.12. The van der Waals surface area contributed by atoms with Crippen molar-refractivity contribution < 1.29 is 14.3 Å². The molecule has 0 radical (unpaired) electrons. The van der Waals surface area contributed by atoms with E-state index in [4.69, 9.17) is 22.1 Å². The third-order valence-corrected chi connectivity index (χ3v) is 1.50. The summed E-state index contributed by atoms with van der Waals surface area (Å²) in [6, 6.07) is 0. The lowest BCUT2D eigenvalue weighted by Crippen LogP contribution is -2.37. The van der Waals surface area contributed by atoms with E-state index >= 15 is 0 Å². The number of carbonyl (C=O) groups is 2. The van der Waals surface area contributed by atoms with E-state index in [9.17, 15) is 9.59 Å². The standard InChI is InChI=1S/C8H14ClNO3/c1-8(2,3)13-7(12)5(4-9)6(10)11/h5H,4H2,1-3H3,(H2,10,11). The molecule has 1 amide bonds. The molecule has 0 aliphatic carbocycles. The van der Waals surface area contributed by atoms with Gasteiger partial charge in [0.2, 0.25) is 5.91 Å². The van der Waals surface area contributed by atoms with Gasteiger partial charge in [-0.25, -0.2) is 0 Å². The molecule has 0 spiro atoms. The number of hydrogen-bond acceptors (Lipinski definition) is 3. The summed E-state index contributed by atoms with van der Waals surface area (Å²) in [5.74, 6) is -2.63. The van der Waals surface area contributed by atoms with Gasteiger partial charge in [0.15, 0.2) is 0 Å². The number of esters is 1. The maximum atomic E-state index is 11.2. The lowest BCUT2D eigenvalue weighted by atomic mass is 10.1. The van der Waals surface area contributed by atoms with Crippen molar-refractivity contribution in [2.24, 2.45) is 11.7 Å². The van der Waals surface area contributed by atoms with Crippen molar-refractivity contribution in [3.05, 3.63) is 0 Å². The molecule has 0 aliphatic heterocycles. The summed E-state index contributed by atoms with van der Waals surface area (Å²) in [5.41, 5.74) is 4.31. The SMILES string of the molecule is CC(C)(C)OC(=O)C(CCl)C(N)=O. The van der Waals surface area contributed by atoms with Gasteiger partial charge in [0.25, 0.3) is 0 Å². The van der Waals surface area contributed by atoms with Crippen molar-refractivity contribution >= 4 is 23.5 Å². The van der Waals surface area contributed by atoms with E-state index in [-0.39, 0.29) is 5.88 Å². The van der Waals surface area contributed by atoms with Crippen molar-refractivity contribution in [1.29, 1.82) is 0 Å². The number of hydrogen-bond donors (Lipinski definition) is 1. The van der Waals surface area contributed by atoms with Crippen LogP contribution >= 0.6 is 11.6 Å². The zero-order valence-electron chi connectivity index (χ0n) is 7.96. The molecule has 0 saturated heterocycles. The van der Waals surface area contributed by atoms with Gasteiger partial charge in [-0.1, -0.05) is 0 Å². The summed E-state index contributed by atoms with van der Waals surface area (Å²) < 4.78 is 4.93. The third-order valence-electron chi connectivity index (χ3n) is 1.19. The van der Waals surface area contributed by atoms with Crippen LogP contribution in [-0.2, 0) is 14.3 Å². The molecule has 0 heterocycles. The van der Waals surface area contributed by atoms with Gasteiger partial charge in [0, 0.05) is 5.88 Å². The Morgan fingerprint density at radius 1 is 1.46 bits per heavy atom. The lowest BCUT2D eigenvalue weighted by Gasteiger charge is -2.21. The van der Waals surface area contributed by atoms with Crippen LogP contribution in [0.2, 0.25) is 0 Å². The van der Waals surface area contributed by atoms with Crippen LogP contribution in [0, 0.1) is 5.92 Å². The first-order valence-electron chi connectivity index (χ1n) is 3.86. The Morgan fingerprint density at radius 2 is 1.92 bits per heavy atom. The highest BCUT2D eigenvalue weighted by Gasteiger charge is 2.28. The summed E-state index contributed by atoms with van der Waals surface area (Å²) >= 11 is 5.38. The maximum Gasteiger partial charge on any atom is 0.320 e. The summed E-state index contributed by atoms with van der Waals surface area (Å²) in [6.07, 6.45) is 0. The fourth-order valence-corrected chi connectivity index (χ4v) is 0.906. The van der Waals surface area contributed by atoms with Crippen molar-refractivity contribution in [3.8, 4) is 0 Å². The molecule has 0 saturated carbocycles. The van der Waals surface area contributed by atoms with E-state index in [1.165, 1.54) is 0 Å². The highest BCUT2D eigenvalue weighted by molar-refractivity contribution is 6.21. The number of ether oxygens (including phenoxy) is 1. The number of halogens is 1. The van der Waals surface area contributed by atoms with Gasteiger partial charge in [-0.3, -0.25) is 9.59 Å². The van der Waals surface area contributed by atoms with Crippen LogP contribution in [0.25, 0.3) is 0 Å². The molecule has 0 aromatic heterocycles. The maximum absolute atomic E-state index is 11.2. The van der Waals surface area contributed by atoms with E-state index in [1.54, 1.807) is 20.8 Å². The average Bonchev–Trinajstić information content (AvgIpc) is 1.82. The summed E-state index contributed by atoms with van der Waals surface area (Å²) in [4.78, 5) is 21.9. The monoisotopic (exact) mass is 207 g/mol. The predicted molar refractivity (Wildman–Crippen MR) is 49.2 cm³/mol. The van der Waals surface area contributed by atoms with E-state index in [1.807, 2.05) is 0 Å². The molecule has 13 heavy (non-hydrogen) atoms. The molecule has 2 N–H and O–H groups in total. The molecular weight excluding hydrogens is 194 g/mol. The smallest absolute Gasteiger partial charge is 0.320 e. The number of rotatable bonds is 3. The van der Waals surface area contributed by atoms with Gasteiger partial charge in [-0.05, 0) is 20.8 Å². The fraction of sp³-hybridized carbons (Fsp3) is 0.750. The molecule has 0 aromatic rings. The zero-order valence-corrected chi connectivity index (χ0v) is 8.72. The normalized spacial score (nSPS) is 13.5. The molecule has 1 unspecified atom stereocenters. The van der Waals surface area contributed by atoms with Crippen molar-refractivity contribution in [2.45, 2.75) is 26.4 Å². The van der Waals surface area contributed by atoms with Crippen LogP contribution in [-0.4, -0.2) is 23.4 Å². The van der Waals surface area contributed by atoms with Gasteiger partial charge in [0.05, 0.1) is 0 Å². The number of alkyl halides is 1. The zero-order chi connectivity index (χ0) is 10.6. The summed E-state index contributed by atoms with van der Waals surface area (Å²) in [7, 11) is 0. The molecule has 76 valence electrons. The number of carbonyl (C=O) groups excluding carboxylic acids is 2. The highest BCUT2D eigenvalue weighted by Crippen LogP contribution is 2.12. The lowest BCUT2D eigenvalue weighted by molar-refractivity contribution is -0.160. The molecular formula is C8H14ClNO3. The second kappa shape index (κ2) is 4.46. The van der Waals surface area contributed by atoms with Gasteiger partial charge in [-0.2, -0.15) is 0 Å². The quantitative estimate of drug-likeness (QED) is 0.420. The van der Waals surface area contributed by atoms with Gasteiger partial charge in [-0.15, -0.1) is 11.6 Å². The second-order valence-electron chi connectivity index (χ2n) is 3.64.